The third-order valence-corrected chi connectivity index (χ3v) is 18.6. The lowest BCUT2D eigenvalue weighted by molar-refractivity contribution is -0.150. The highest BCUT2D eigenvalue weighted by Crippen LogP contribution is 2.40. The van der Waals surface area contributed by atoms with Gasteiger partial charge in [0.05, 0.1) is 70.0 Å². The number of hydroxylamine groups is 4. The summed E-state index contributed by atoms with van der Waals surface area (Å²) in [5, 5.41) is 135. The SMILES string of the molecule is NCCCCC(NC(=O)C(CO)NC(=O)C1CCNC2C(NC(=O)CCC(N)C(=O)O)CC3CC(O)C(O)CC3N12)C(=O)NCC(=O)NC(CCCN(O)C=O)C(=O)NC(CO)C(=O)NC(CO)C(=O)NCC(=O)NC1CCCCNC(=O)C(CO)NC(=O)C(CCC(=O)O)NC(=O)C(CCCN(O)C=O)NC1=O. The lowest BCUT2D eigenvalue weighted by Crippen LogP contribution is -2.75. The van der Waals surface area contributed by atoms with Crippen molar-refractivity contribution >= 4 is 102 Å². The average Bonchev–Trinajstić information content (AvgIpc) is 0.748. The van der Waals surface area contributed by atoms with Crippen molar-refractivity contribution in [3.8, 4) is 0 Å². The molecule has 0 spiro atoms. The molecule has 1 aliphatic carbocycles. The van der Waals surface area contributed by atoms with Crippen molar-refractivity contribution in [2.45, 2.75) is 212 Å². The number of carboxylic acids is 2. The van der Waals surface area contributed by atoms with Gasteiger partial charge < -0.3 is 121 Å². The highest BCUT2D eigenvalue weighted by molar-refractivity contribution is 5.99. The molecule has 17 unspecified atom stereocenters. The van der Waals surface area contributed by atoms with E-state index in [0.29, 0.717) is 12.8 Å². The van der Waals surface area contributed by atoms with Gasteiger partial charge in [0.15, 0.2) is 0 Å². The minimum Gasteiger partial charge on any atom is -0.481 e. The Balaban J connectivity index is 1.43. The van der Waals surface area contributed by atoms with E-state index < -0.39 is 251 Å². The summed E-state index contributed by atoms with van der Waals surface area (Å²) in [4.78, 5) is 224. The molecular formula is C63H105N19O27. The van der Waals surface area contributed by atoms with Gasteiger partial charge in [0, 0.05) is 38.5 Å². The molecular weight excluding hydrogens is 1450 g/mol. The number of amides is 15. The van der Waals surface area contributed by atoms with Crippen LogP contribution in [-0.4, -0.2) is 337 Å². The summed E-state index contributed by atoms with van der Waals surface area (Å²) in [6.07, 6.45) is -4.91. The van der Waals surface area contributed by atoms with Crippen molar-refractivity contribution in [1.82, 2.24) is 89.5 Å². The number of unbranched alkanes of at least 4 members (excludes halogenated alkanes) is 1. The molecule has 109 heavy (non-hydrogen) atoms. The van der Waals surface area contributed by atoms with Gasteiger partial charge in [-0.25, -0.2) is 10.1 Å². The number of aliphatic carboxylic acids is 2. The van der Waals surface area contributed by atoms with Crippen LogP contribution in [0.25, 0.3) is 0 Å². The zero-order chi connectivity index (χ0) is 81.0. The fourth-order valence-corrected chi connectivity index (χ4v) is 12.7. The number of carbonyl (C=O) groups excluding carboxylic acids is 15. The van der Waals surface area contributed by atoms with Gasteiger partial charge in [0.1, 0.15) is 60.4 Å². The van der Waals surface area contributed by atoms with Crippen LogP contribution in [0.15, 0.2) is 0 Å². The number of hydrogen-bond acceptors (Lipinski definition) is 29. The van der Waals surface area contributed by atoms with Crippen LogP contribution in [0.1, 0.15) is 116 Å². The number of fused-ring (bicyclic) bond motifs is 3. The van der Waals surface area contributed by atoms with E-state index in [4.69, 9.17) is 11.5 Å². The number of piperidine rings is 1. The Morgan fingerprint density at radius 3 is 1.71 bits per heavy atom. The maximum absolute atomic E-state index is 14.4. The number of carbonyl (C=O) groups is 17. The molecule has 1 saturated carbocycles. The second kappa shape index (κ2) is 47.4. The van der Waals surface area contributed by atoms with Crippen LogP contribution in [0.5, 0.6) is 0 Å². The van der Waals surface area contributed by atoms with Crippen molar-refractivity contribution in [1.29, 1.82) is 0 Å². The maximum Gasteiger partial charge on any atom is 0.320 e. The summed E-state index contributed by atoms with van der Waals surface area (Å²) in [7, 11) is 0. The molecule has 0 aromatic rings. The van der Waals surface area contributed by atoms with Crippen molar-refractivity contribution in [3.63, 3.8) is 0 Å². The fourth-order valence-electron chi connectivity index (χ4n) is 12.7. The first-order valence-electron chi connectivity index (χ1n) is 35.7. The van der Waals surface area contributed by atoms with Crippen molar-refractivity contribution in [3.05, 3.63) is 0 Å². The molecule has 28 N–H and O–H groups in total. The average molecular weight is 1560 g/mol. The number of nitrogens with one attached hydrogen (secondary N) is 14. The Morgan fingerprint density at radius 2 is 1.10 bits per heavy atom. The first-order valence-corrected chi connectivity index (χ1v) is 35.7. The zero-order valence-corrected chi connectivity index (χ0v) is 59.9. The molecule has 4 aliphatic rings. The summed E-state index contributed by atoms with van der Waals surface area (Å²) in [6.45, 7) is -6.77. The van der Waals surface area contributed by atoms with Gasteiger partial charge in [-0.3, -0.25) is 102 Å². The molecule has 46 nitrogen and oxygen atoms in total. The minimum atomic E-state index is -1.98. The predicted molar refractivity (Wildman–Crippen MR) is 368 cm³/mol. The Kier molecular flexibility index (Phi) is 40.0. The number of aliphatic hydroxyl groups excluding tert-OH is 6. The standard InChI is InChI=1S/C63H105N19O27/c64-16-3-1-7-34(73-60(103)43(29-86)79-62(105)44-15-18-66-52-39(72-48(91)13-11-33(65)63(106)107)21-32-22-46(89)47(90)23-45(32)82(44)52)53(96)68-24-49(92)71-36(9-5-19-80(108)30-87)57(100)78-42(28-85)61(104)77-41(27-84)55(98)69-25-50(93)70-35-8-2-4-17-67-54(97)40(26-83)76-59(102)38(12-14-51(94)95)75-58(101)37(74-56(35)99)10-6-20-81(109)31-88/h30-47,52,66,83-86,89-90,108-109H,1-29,64-65H2,(H,67,97)(H,68,96)(H,69,98)(H,70,93)(H,71,92)(H,72,91)(H,73,103)(H,74,99)(H,75,101)(H,76,102)(H,77,104)(H,78,100)(H,79,105)(H,94,95)(H,106,107). The summed E-state index contributed by atoms with van der Waals surface area (Å²) in [5.41, 5.74) is 11.3. The molecule has 3 saturated heterocycles. The lowest BCUT2D eigenvalue weighted by atomic mass is 9.72. The third kappa shape index (κ3) is 30.5. The first kappa shape index (κ1) is 91.9. The first-order chi connectivity index (χ1) is 51.8. The summed E-state index contributed by atoms with van der Waals surface area (Å²) < 4.78 is 0. The van der Waals surface area contributed by atoms with Crippen LogP contribution in [-0.2, 0) is 81.5 Å². The monoisotopic (exact) mass is 1560 g/mol. The highest BCUT2D eigenvalue weighted by Gasteiger charge is 2.53. The van der Waals surface area contributed by atoms with E-state index in [1.54, 1.807) is 4.90 Å². The van der Waals surface area contributed by atoms with Crippen LogP contribution in [0, 0.1) is 5.92 Å². The largest absolute Gasteiger partial charge is 0.481 e. The van der Waals surface area contributed by atoms with E-state index in [1.165, 1.54) is 0 Å². The number of rotatable bonds is 42. The van der Waals surface area contributed by atoms with E-state index in [2.05, 4.69) is 74.4 Å². The molecule has 17 atom stereocenters. The van der Waals surface area contributed by atoms with Crippen LogP contribution < -0.4 is 85.9 Å². The van der Waals surface area contributed by atoms with E-state index in [0.717, 1.165) is 0 Å². The second-order valence-electron chi connectivity index (χ2n) is 26.6. The molecule has 4 rings (SSSR count). The second-order valence-corrected chi connectivity index (χ2v) is 26.6. The van der Waals surface area contributed by atoms with Crippen LogP contribution in [0.2, 0.25) is 0 Å². The topological polar surface area (TPSA) is 723 Å². The van der Waals surface area contributed by atoms with Gasteiger partial charge in [0.2, 0.25) is 89.6 Å². The number of nitrogens with zero attached hydrogens (tertiary/aromatic N) is 3. The van der Waals surface area contributed by atoms with Crippen molar-refractivity contribution < 1.29 is 133 Å². The van der Waals surface area contributed by atoms with E-state index in [-0.39, 0.29) is 139 Å². The van der Waals surface area contributed by atoms with Gasteiger partial charge in [-0.15, -0.1) is 0 Å². The van der Waals surface area contributed by atoms with Crippen LogP contribution in [0.4, 0.5) is 0 Å². The van der Waals surface area contributed by atoms with E-state index >= 15 is 0 Å². The molecule has 4 fully saturated rings. The molecule has 0 bridgehead atoms. The molecule has 0 aromatic carbocycles. The Labute approximate surface area is 624 Å². The molecule has 46 heteroatoms. The Bertz CT molecular complexity index is 3130. The third-order valence-electron chi connectivity index (χ3n) is 18.6. The van der Waals surface area contributed by atoms with Gasteiger partial charge in [-0.05, 0) is 122 Å². The summed E-state index contributed by atoms with van der Waals surface area (Å²) >= 11 is 0. The fraction of sp³-hybridized carbons (Fsp3) is 0.730. The number of aliphatic hydroxyl groups is 6. The predicted octanol–water partition coefficient (Wildman–Crippen LogP) is -13.3. The number of nitrogens with two attached hydrogens (primary N) is 2. The van der Waals surface area contributed by atoms with Gasteiger partial charge in [-0.1, -0.05) is 0 Å². The van der Waals surface area contributed by atoms with E-state index in [1.807, 2.05) is 0 Å². The Morgan fingerprint density at radius 1 is 0.560 bits per heavy atom. The van der Waals surface area contributed by atoms with Crippen LogP contribution >= 0.6 is 0 Å². The smallest absolute Gasteiger partial charge is 0.320 e. The molecule has 3 heterocycles. The molecule has 0 radical (unpaired) electrons. The maximum atomic E-state index is 14.4. The minimum absolute atomic E-state index is 0.0169. The van der Waals surface area contributed by atoms with Gasteiger partial charge in [0.25, 0.3) is 0 Å². The van der Waals surface area contributed by atoms with Crippen molar-refractivity contribution in [2.75, 3.05) is 72.2 Å². The summed E-state index contributed by atoms with van der Waals surface area (Å²) in [6, 6.07) is -18.8. The summed E-state index contributed by atoms with van der Waals surface area (Å²) in [5.74, 6) is -16.5. The lowest BCUT2D eigenvalue weighted by Gasteiger charge is -2.57. The van der Waals surface area contributed by atoms with Gasteiger partial charge >= 0.3 is 11.9 Å². The van der Waals surface area contributed by atoms with E-state index in [9.17, 15) is 133 Å². The number of carboxylic acid groups (broad SMARTS) is 2. The highest BCUT2D eigenvalue weighted by atomic mass is 16.5. The zero-order valence-electron chi connectivity index (χ0n) is 59.9. The van der Waals surface area contributed by atoms with Crippen LogP contribution in [0.3, 0.4) is 0 Å². The normalized spacial score (nSPS) is 24.3. The van der Waals surface area contributed by atoms with Gasteiger partial charge in [-0.2, -0.15) is 0 Å². The molecule has 614 valence electrons. The molecule has 3 aliphatic heterocycles. The Hall–Kier alpha value is -9.49. The number of hydrogen-bond donors (Lipinski definition) is 26. The molecule has 15 amide bonds. The molecule has 0 aromatic heterocycles. The quantitative estimate of drug-likeness (QED) is 0.0117. The van der Waals surface area contributed by atoms with Crippen molar-refractivity contribution in [2.24, 2.45) is 17.4 Å².